The van der Waals surface area contributed by atoms with Gasteiger partial charge in [-0.05, 0) is 36.0 Å². The lowest BCUT2D eigenvalue weighted by Gasteiger charge is -2.35. The summed E-state index contributed by atoms with van der Waals surface area (Å²) in [6, 6.07) is 16.7. The quantitative estimate of drug-likeness (QED) is 0.839. The van der Waals surface area contributed by atoms with Crippen molar-refractivity contribution in [3.05, 3.63) is 72.1 Å². The van der Waals surface area contributed by atoms with Gasteiger partial charge in [0, 0.05) is 38.4 Å². The molecule has 130 valence electrons. The van der Waals surface area contributed by atoms with E-state index in [0.717, 1.165) is 32.7 Å². The molecule has 1 aliphatic rings. The van der Waals surface area contributed by atoms with Gasteiger partial charge in [0.05, 0.1) is 0 Å². The summed E-state index contributed by atoms with van der Waals surface area (Å²) >= 11 is 5.45. The van der Waals surface area contributed by atoms with Gasteiger partial charge in [-0.25, -0.2) is 4.39 Å². The maximum Gasteiger partial charge on any atom is 0.173 e. The highest BCUT2D eigenvalue weighted by Gasteiger charge is 2.18. The zero-order valence-electron chi connectivity index (χ0n) is 14.1. The minimum Gasteiger partial charge on any atom is -0.346 e. The summed E-state index contributed by atoms with van der Waals surface area (Å²) in [7, 11) is 0. The molecule has 1 fully saturated rings. The van der Waals surface area contributed by atoms with Crippen LogP contribution in [0.5, 0.6) is 0 Å². The number of nitrogens with zero attached hydrogens (tertiary/aromatic N) is 2. The Morgan fingerprint density at radius 3 is 2.52 bits per heavy atom. The van der Waals surface area contributed by atoms with Gasteiger partial charge in [0.2, 0.25) is 0 Å². The fourth-order valence-corrected chi connectivity index (χ4v) is 3.10. The number of nitrogens with one attached hydrogen (secondary N) is 1. The average Bonchev–Trinajstić information content (AvgIpc) is 2.63. The van der Waals surface area contributed by atoms with Crippen LogP contribution in [0.1, 0.15) is 5.56 Å². The zero-order valence-corrected chi connectivity index (χ0v) is 14.9. The largest absolute Gasteiger partial charge is 0.346 e. The molecule has 0 spiro atoms. The highest BCUT2D eigenvalue weighted by atomic mass is 32.1. The Hall–Kier alpha value is -2.24. The minimum absolute atomic E-state index is 0.261. The Morgan fingerprint density at radius 2 is 1.80 bits per heavy atom. The van der Waals surface area contributed by atoms with Crippen molar-refractivity contribution in [3.63, 3.8) is 0 Å². The summed E-state index contributed by atoms with van der Waals surface area (Å²) in [5, 5.41) is 3.77. The van der Waals surface area contributed by atoms with Gasteiger partial charge in [0.15, 0.2) is 5.11 Å². The van der Waals surface area contributed by atoms with Crippen LogP contribution < -0.4 is 5.32 Å². The third-order valence-corrected chi connectivity index (χ3v) is 4.57. The third kappa shape index (κ3) is 5.37. The van der Waals surface area contributed by atoms with E-state index in [1.165, 1.54) is 17.7 Å². The Balaban J connectivity index is 1.43. The smallest absolute Gasteiger partial charge is 0.173 e. The summed E-state index contributed by atoms with van der Waals surface area (Å²) in [4.78, 5) is 4.54. The van der Waals surface area contributed by atoms with E-state index in [9.17, 15) is 4.39 Å². The van der Waals surface area contributed by atoms with Gasteiger partial charge in [-0.3, -0.25) is 4.90 Å². The fraction of sp³-hybridized carbons (Fsp3) is 0.250. The molecule has 1 N–H and O–H groups in total. The van der Waals surface area contributed by atoms with Crippen molar-refractivity contribution >= 4 is 29.1 Å². The second-order valence-electron chi connectivity index (χ2n) is 6.04. The molecule has 1 saturated heterocycles. The molecule has 25 heavy (non-hydrogen) atoms. The number of halogens is 1. The lowest BCUT2D eigenvalue weighted by atomic mass is 10.2. The van der Waals surface area contributed by atoms with Gasteiger partial charge in [0.25, 0.3) is 0 Å². The van der Waals surface area contributed by atoms with E-state index in [4.69, 9.17) is 12.2 Å². The molecule has 2 aromatic carbocycles. The van der Waals surface area contributed by atoms with Gasteiger partial charge in [-0.15, -0.1) is 0 Å². The normalized spacial score (nSPS) is 15.5. The predicted octanol–water partition coefficient (Wildman–Crippen LogP) is 3.85. The molecule has 0 amide bonds. The first kappa shape index (κ1) is 17.6. The first-order valence-electron chi connectivity index (χ1n) is 8.46. The van der Waals surface area contributed by atoms with E-state index in [1.54, 1.807) is 6.07 Å². The topological polar surface area (TPSA) is 18.5 Å². The van der Waals surface area contributed by atoms with Crippen molar-refractivity contribution in [1.29, 1.82) is 0 Å². The summed E-state index contributed by atoms with van der Waals surface area (Å²) in [5.41, 5.74) is 1.92. The van der Waals surface area contributed by atoms with Crippen molar-refractivity contribution in [3.8, 4) is 0 Å². The van der Waals surface area contributed by atoms with Gasteiger partial charge in [-0.2, -0.15) is 0 Å². The van der Waals surface area contributed by atoms with Gasteiger partial charge < -0.3 is 10.2 Å². The van der Waals surface area contributed by atoms with Gasteiger partial charge in [-0.1, -0.05) is 48.6 Å². The fourth-order valence-electron chi connectivity index (χ4n) is 2.80. The van der Waals surface area contributed by atoms with Crippen molar-refractivity contribution in [2.45, 2.75) is 0 Å². The van der Waals surface area contributed by atoms with Crippen LogP contribution in [0.3, 0.4) is 0 Å². The van der Waals surface area contributed by atoms with Crippen LogP contribution in [-0.2, 0) is 0 Å². The van der Waals surface area contributed by atoms with Gasteiger partial charge in [0.1, 0.15) is 5.82 Å². The molecule has 0 aromatic heterocycles. The average molecular weight is 355 g/mol. The highest BCUT2D eigenvalue weighted by Crippen LogP contribution is 2.11. The van der Waals surface area contributed by atoms with Crippen molar-refractivity contribution in [2.75, 3.05) is 38.0 Å². The van der Waals surface area contributed by atoms with Crippen molar-refractivity contribution in [2.24, 2.45) is 0 Å². The van der Waals surface area contributed by atoms with Crippen LogP contribution >= 0.6 is 12.2 Å². The third-order valence-electron chi connectivity index (χ3n) is 4.21. The van der Waals surface area contributed by atoms with Crippen molar-refractivity contribution < 1.29 is 4.39 Å². The molecular formula is C20H22FN3S. The van der Waals surface area contributed by atoms with E-state index in [1.807, 2.05) is 24.3 Å². The van der Waals surface area contributed by atoms with Gasteiger partial charge >= 0.3 is 0 Å². The van der Waals surface area contributed by atoms with Crippen LogP contribution in [0.4, 0.5) is 10.1 Å². The summed E-state index contributed by atoms with van der Waals surface area (Å²) in [6.07, 6.45) is 4.36. The Kier molecular flexibility index (Phi) is 6.14. The van der Waals surface area contributed by atoms with Crippen LogP contribution in [-0.4, -0.2) is 47.6 Å². The second-order valence-corrected chi connectivity index (χ2v) is 6.43. The lowest BCUT2D eigenvalue weighted by molar-refractivity contribution is 0.200. The number of anilines is 1. The van der Waals surface area contributed by atoms with E-state index < -0.39 is 0 Å². The maximum atomic E-state index is 13.2. The Bertz CT molecular complexity index is 725. The highest BCUT2D eigenvalue weighted by molar-refractivity contribution is 7.80. The summed E-state index contributed by atoms with van der Waals surface area (Å²) in [5.74, 6) is -0.261. The second kappa shape index (κ2) is 8.74. The number of rotatable bonds is 4. The van der Waals surface area contributed by atoms with E-state index in [2.05, 4.69) is 39.4 Å². The first-order chi connectivity index (χ1) is 12.2. The molecule has 2 aromatic rings. The van der Waals surface area contributed by atoms with Crippen molar-refractivity contribution in [1.82, 2.24) is 9.80 Å². The molecule has 0 radical (unpaired) electrons. The number of piperazine rings is 1. The predicted molar refractivity (Wildman–Crippen MR) is 106 cm³/mol. The molecule has 5 heteroatoms. The number of hydrogen-bond acceptors (Lipinski definition) is 2. The van der Waals surface area contributed by atoms with Crippen LogP contribution in [0, 0.1) is 5.82 Å². The van der Waals surface area contributed by atoms with E-state index in [0.29, 0.717) is 10.8 Å². The molecule has 0 atom stereocenters. The summed E-state index contributed by atoms with van der Waals surface area (Å²) in [6.45, 7) is 4.61. The molecule has 1 aliphatic heterocycles. The summed E-state index contributed by atoms with van der Waals surface area (Å²) < 4.78 is 13.2. The monoisotopic (exact) mass is 355 g/mol. The molecule has 0 bridgehead atoms. The van der Waals surface area contributed by atoms with Crippen LogP contribution in [0.25, 0.3) is 6.08 Å². The lowest BCUT2D eigenvalue weighted by Crippen LogP contribution is -2.49. The van der Waals surface area contributed by atoms with E-state index in [-0.39, 0.29) is 5.82 Å². The zero-order chi connectivity index (χ0) is 17.5. The molecule has 0 unspecified atom stereocenters. The minimum atomic E-state index is -0.261. The molecule has 1 heterocycles. The Morgan fingerprint density at radius 1 is 1.04 bits per heavy atom. The first-order valence-corrected chi connectivity index (χ1v) is 8.87. The Labute approximate surface area is 153 Å². The number of benzene rings is 2. The molecule has 0 saturated carbocycles. The molecule has 3 rings (SSSR count). The SMILES string of the molecule is Fc1cccc(NC(=S)N2CCN(C/C=C/c3ccccc3)CC2)c1. The van der Waals surface area contributed by atoms with E-state index >= 15 is 0 Å². The standard InChI is InChI=1S/C20H22FN3S/c21-18-9-4-10-19(16-18)22-20(25)24-14-12-23(13-15-24)11-5-8-17-6-2-1-3-7-17/h1-10,16H,11-15H2,(H,22,25)/b8-5+. The molecular weight excluding hydrogens is 333 g/mol. The number of hydrogen-bond donors (Lipinski definition) is 1. The van der Waals surface area contributed by atoms with Crippen LogP contribution in [0.2, 0.25) is 0 Å². The molecule has 3 nitrogen and oxygen atoms in total. The maximum absolute atomic E-state index is 13.2. The van der Waals surface area contributed by atoms with Crippen LogP contribution in [0.15, 0.2) is 60.7 Å². The molecule has 0 aliphatic carbocycles. The number of thiocarbonyl (C=S) groups is 1.